The van der Waals surface area contributed by atoms with Gasteiger partial charge in [-0.3, -0.25) is 28.5 Å². The van der Waals surface area contributed by atoms with Gasteiger partial charge in [0.25, 0.3) is 0 Å². The van der Waals surface area contributed by atoms with Crippen LogP contribution in [-0.4, -0.2) is 91.2 Å². The Morgan fingerprint density at radius 1 is 0.786 bits per heavy atom. The highest BCUT2D eigenvalue weighted by atomic mass is 16.5. The highest BCUT2D eigenvalue weighted by Gasteiger charge is 2.33. The van der Waals surface area contributed by atoms with Crippen molar-refractivity contribution in [2.45, 2.75) is 135 Å². The molecule has 8 N–H and O–H groups in total. The average molecular weight is 961 g/mol. The number of nitrogens with zero attached hydrogens (tertiary/aromatic N) is 2. The van der Waals surface area contributed by atoms with E-state index in [0.29, 0.717) is 38.5 Å². The predicted molar refractivity (Wildman–Crippen MR) is 266 cm³/mol. The van der Waals surface area contributed by atoms with Gasteiger partial charge < -0.3 is 46.5 Å². The molecule has 3 aromatic carbocycles. The molecule has 0 saturated carbocycles. The zero-order chi connectivity index (χ0) is 50.2. The Bertz CT molecular complexity index is 2570. The second-order valence-electron chi connectivity index (χ2n) is 18.9. The van der Waals surface area contributed by atoms with Crippen molar-refractivity contribution in [3.05, 3.63) is 131 Å². The molecule has 3 heterocycles. The van der Waals surface area contributed by atoms with Crippen LogP contribution >= 0.6 is 0 Å². The van der Waals surface area contributed by atoms with E-state index in [2.05, 4.69) is 36.6 Å². The van der Waals surface area contributed by atoms with Gasteiger partial charge in [0, 0.05) is 42.6 Å². The predicted octanol–water partition coefficient (Wildman–Crippen LogP) is 5.14. The minimum Gasteiger partial charge on any atom is -0.394 e. The molecule has 1 unspecified atom stereocenters. The number of hydrogen-bond acceptors (Lipinski definition) is 10. The Balaban J connectivity index is 1.06. The van der Waals surface area contributed by atoms with Crippen molar-refractivity contribution in [2.75, 3.05) is 11.9 Å². The van der Waals surface area contributed by atoms with E-state index in [9.17, 15) is 39.0 Å². The quantitative estimate of drug-likeness (QED) is 0.0358. The maximum absolute atomic E-state index is 14.3. The lowest BCUT2D eigenvalue weighted by Gasteiger charge is -2.30. The number of nitrogens with one attached hydrogen (secondary N) is 6. The highest BCUT2D eigenvalue weighted by Crippen LogP contribution is 2.27. The first-order valence-electron chi connectivity index (χ1n) is 24.3. The first-order valence-corrected chi connectivity index (χ1v) is 24.3. The van der Waals surface area contributed by atoms with Gasteiger partial charge in [-0.05, 0) is 79.2 Å². The van der Waals surface area contributed by atoms with Crippen LogP contribution in [0.5, 0.6) is 0 Å². The third-order valence-corrected chi connectivity index (χ3v) is 12.5. The molecule has 70 heavy (non-hydrogen) atoms. The normalized spacial score (nSPS) is 16.8. The van der Waals surface area contributed by atoms with E-state index in [1.807, 2.05) is 98.8 Å². The first kappa shape index (κ1) is 52.7. The number of aliphatic hydroxyl groups is 2. The molecule has 2 aromatic heterocycles. The van der Waals surface area contributed by atoms with Gasteiger partial charge in [0.1, 0.15) is 24.1 Å². The van der Waals surface area contributed by atoms with Gasteiger partial charge in [-0.2, -0.15) is 4.98 Å². The molecular formula is C53H68N8O9. The fraction of sp³-hybridized carbons (Fsp3) is 0.453. The third-order valence-electron chi connectivity index (χ3n) is 12.5. The van der Waals surface area contributed by atoms with Crippen LogP contribution in [0.3, 0.4) is 0 Å². The van der Waals surface area contributed by atoms with E-state index < -0.39 is 59.8 Å². The van der Waals surface area contributed by atoms with Gasteiger partial charge in [0.05, 0.1) is 37.3 Å². The minimum atomic E-state index is -1.24. The number of ether oxygens (including phenoxy) is 1. The average Bonchev–Trinajstić information content (AvgIpc) is 3.99. The van der Waals surface area contributed by atoms with Crippen molar-refractivity contribution in [2.24, 2.45) is 11.8 Å². The van der Waals surface area contributed by atoms with Crippen LogP contribution in [0.1, 0.15) is 108 Å². The van der Waals surface area contributed by atoms with E-state index in [1.54, 1.807) is 20.0 Å². The molecule has 1 aliphatic heterocycles. The van der Waals surface area contributed by atoms with Crippen LogP contribution in [0.4, 0.5) is 5.82 Å². The first-order chi connectivity index (χ1) is 33.7. The largest absolute Gasteiger partial charge is 0.394 e. The van der Waals surface area contributed by atoms with E-state index in [-0.39, 0.29) is 68.0 Å². The topological polar surface area (TPSA) is 246 Å². The summed E-state index contributed by atoms with van der Waals surface area (Å²) in [5.41, 5.74) is 3.00. The summed E-state index contributed by atoms with van der Waals surface area (Å²) in [7, 11) is 0. The molecule has 17 heteroatoms. The summed E-state index contributed by atoms with van der Waals surface area (Å²) in [5.74, 6) is -2.59. The summed E-state index contributed by atoms with van der Waals surface area (Å²) in [6.45, 7) is 7.34. The van der Waals surface area contributed by atoms with E-state index >= 15 is 0 Å². The molecule has 1 saturated heterocycles. The molecule has 1 fully saturated rings. The zero-order valence-electron chi connectivity index (χ0n) is 40.4. The molecule has 5 aromatic rings. The van der Waals surface area contributed by atoms with Crippen molar-refractivity contribution in [1.82, 2.24) is 35.8 Å². The van der Waals surface area contributed by atoms with Crippen LogP contribution in [0.2, 0.25) is 0 Å². The lowest BCUT2D eigenvalue weighted by molar-refractivity contribution is -0.133. The van der Waals surface area contributed by atoms with Gasteiger partial charge in [-0.15, -0.1) is 0 Å². The molecule has 0 bridgehead atoms. The van der Waals surface area contributed by atoms with Crippen molar-refractivity contribution in [3.63, 3.8) is 0 Å². The smallest absolute Gasteiger partial charge is 0.351 e. The number of H-pyrrole nitrogens is 1. The number of rotatable bonds is 25. The summed E-state index contributed by atoms with van der Waals surface area (Å²) in [5, 5.41) is 36.2. The Labute approximate surface area is 408 Å². The minimum absolute atomic E-state index is 0.00422. The number of carbonyl (C=O) groups excluding carboxylic acids is 5. The zero-order valence-corrected chi connectivity index (χ0v) is 40.4. The van der Waals surface area contributed by atoms with E-state index in [4.69, 9.17) is 4.74 Å². The molecule has 374 valence electrons. The molecule has 0 aliphatic carbocycles. The molecule has 1 aliphatic rings. The monoisotopic (exact) mass is 961 g/mol. The maximum atomic E-state index is 14.3. The van der Waals surface area contributed by atoms with Crippen molar-refractivity contribution in [3.8, 4) is 0 Å². The number of unbranched alkanes of at least 4 members (excludes halogenated alkanes) is 1. The number of aromatic amines is 1. The number of para-hydroxylation sites is 1. The van der Waals surface area contributed by atoms with Gasteiger partial charge in [-0.1, -0.05) is 107 Å². The van der Waals surface area contributed by atoms with E-state index in [0.717, 1.165) is 27.6 Å². The number of benzene rings is 3. The Morgan fingerprint density at radius 2 is 1.47 bits per heavy atom. The summed E-state index contributed by atoms with van der Waals surface area (Å²) in [4.78, 5) is 88.1. The van der Waals surface area contributed by atoms with Crippen LogP contribution < -0.4 is 32.3 Å². The molecule has 7 atom stereocenters. The Hall–Kier alpha value is -6.69. The van der Waals surface area contributed by atoms with Crippen molar-refractivity contribution in [1.29, 1.82) is 0 Å². The summed E-state index contributed by atoms with van der Waals surface area (Å²) < 4.78 is 6.99. The maximum Gasteiger partial charge on any atom is 0.351 e. The van der Waals surface area contributed by atoms with Crippen LogP contribution in [-0.2, 0) is 41.6 Å². The number of aliphatic hydroxyl groups excluding tert-OH is 2. The number of hydrogen-bond donors (Lipinski definition) is 8. The Morgan fingerprint density at radius 3 is 2.14 bits per heavy atom. The molecule has 17 nitrogen and oxygen atoms in total. The lowest BCUT2D eigenvalue weighted by Crippen LogP contribution is -2.58. The number of fused-ring (bicyclic) bond motifs is 1. The Kier molecular flexibility index (Phi) is 19.4. The van der Waals surface area contributed by atoms with Crippen molar-refractivity contribution >= 4 is 46.3 Å². The van der Waals surface area contributed by atoms with E-state index in [1.165, 1.54) is 16.8 Å². The molecule has 0 radical (unpaired) electrons. The van der Waals surface area contributed by atoms with Crippen molar-refractivity contribution < 1.29 is 38.9 Å². The summed E-state index contributed by atoms with van der Waals surface area (Å²) in [6.07, 6.45) is 3.76. The van der Waals surface area contributed by atoms with Gasteiger partial charge in [0.2, 0.25) is 29.5 Å². The molecule has 6 rings (SSSR count). The summed E-state index contributed by atoms with van der Waals surface area (Å²) in [6, 6.07) is 25.2. The fourth-order valence-corrected chi connectivity index (χ4v) is 8.75. The lowest BCUT2D eigenvalue weighted by atomic mass is 9.94. The number of aromatic nitrogens is 3. The second kappa shape index (κ2) is 25.8. The third kappa shape index (κ3) is 15.4. The number of amides is 5. The van der Waals surface area contributed by atoms with Crippen LogP contribution in [0, 0.1) is 11.8 Å². The van der Waals surface area contributed by atoms with Crippen LogP contribution in [0.25, 0.3) is 10.9 Å². The second-order valence-corrected chi connectivity index (χ2v) is 18.9. The molecular weight excluding hydrogens is 893 g/mol. The number of anilines is 1. The van der Waals surface area contributed by atoms with Gasteiger partial charge in [0.15, 0.2) is 0 Å². The number of carbonyl (C=O) groups is 5. The van der Waals surface area contributed by atoms with Gasteiger partial charge >= 0.3 is 5.69 Å². The van der Waals surface area contributed by atoms with Crippen LogP contribution in [0.15, 0.2) is 108 Å². The standard InChI is InChI=1S/C53H68N8O9/c1-33(2)27-42(44(63)30-48(66)55-41(36-17-9-6-10-18-36)28-35-15-7-5-8-16-35)57-52(68)50(34(3)4)60-51(67)43(29-37-31-54-40-20-12-11-19-39(37)40)56-46(64)21-13-14-22-47(65)58-45-25-26-61(53(69)59-45)49-24-23-38(32-62)70-49/h5-12,15-20,25-26,31,33-34,38,41-44,49-50,54,62-63H,13-14,21-24,27-30,32H2,1-4H3,(H,55,66)(H,56,64)(H,57,68)(H,60,67)(H,58,59,65,69)/t38-,41?,42-,43-,44-,49+,50-/m0/s1. The molecule has 0 spiro atoms. The highest BCUT2D eigenvalue weighted by molar-refractivity contribution is 5.93. The van der Waals surface area contributed by atoms with Gasteiger partial charge in [-0.25, -0.2) is 4.79 Å². The fourth-order valence-electron chi connectivity index (χ4n) is 8.75. The molecule has 5 amide bonds. The summed E-state index contributed by atoms with van der Waals surface area (Å²) >= 11 is 0. The SMILES string of the molecule is CC(C)C[C@H](NC(=O)[C@@H](NC(=O)[C@H](Cc1c[nH]c2ccccc12)NC(=O)CCCCC(=O)Nc1ccn([C@H]2CC[C@@H](CO)O2)c(=O)n1)C(C)C)[C@@H](O)CC(=O)NC(Cc1ccccc1)c1ccccc1.